The molecule has 0 fully saturated rings. The minimum absolute atomic E-state index is 0.420. The van der Waals surface area contributed by atoms with E-state index in [1.54, 1.807) is 0 Å². The molecule has 0 aromatic heterocycles. The zero-order valence-electron chi connectivity index (χ0n) is 12.1. The SMILES string of the molecule is CCN(CC)CCCN(CC)C(CCN)C(=O)O. The van der Waals surface area contributed by atoms with Gasteiger partial charge in [-0.2, -0.15) is 0 Å². The summed E-state index contributed by atoms with van der Waals surface area (Å²) in [4.78, 5) is 15.6. The maximum atomic E-state index is 11.2. The van der Waals surface area contributed by atoms with Crippen molar-refractivity contribution in [1.82, 2.24) is 9.80 Å². The lowest BCUT2D eigenvalue weighted by Crippen LogP contribution is -2.43. The number of carboxylic acid groups (broad SMARTS) is 1. The van der Waals surface area contributed by atoms with E-state index < -0.39 is 12.0 Å². The Hall–Kier alpha value is -0.650. The lowest BCUT2D eigenvalue weighted by atomic mass is 10.1. The molecule has 0 radical (unpaired) electrons. The molecule has 5 nitrogen and oxygen atoms in total. The van der Waals surface area contributed by atoms with Crippen LogP contribution in [-0.4, -0.2) is 66.2 Å². The van der Waals surface area contributed by atoms with Crippen LogP contribution < -0.4 is 5.73 Å². The highest BCUT2D eigenvalue weighted by Crippen LogP contribution is 2.06. The molecule has 1 atom stereocenters. The second-order valence-corrected chi connectivity index (χ2v) is 4.44. The molecule has 3 N–H and O–H groups in total. The maximum absolute atomic E-state index is 11.2. The first kappa shape index (κ1) is 17.4. The van der Waals surface area contributed by atoms with Gasteiger partial charge in [-0.15, -0.1) is 0 Å². The average Bonchev–Trinajstić information content (AvgIpc) is 2.37. The van der Waals surface area contributed by atoms with E-state index in [4.69, 9.17) is 5.73 Å². The quantitative estimate of drug-likeness (QED) is 0.575. The summed E-state index contributed by atoms with van der Waals surface area (Å²) in [6.07, 6.45) is 1.53. The Labute approximate surface area is 111 Å². The third kappa shape index (κ3) is 6.33. The smallest absolute Gasteiger partial charge is 0.320 e. The third-order valence-electron chi connectivity index (χ3n) is 3.39. The number of carbonyl (C=O) groups is 1. The fourth-order valence-electron chi connectivity index (χ4n) is 2.19. The molecule has 0 heterocycles. The molecule has 0 aliphatic rings. The highest BCUT2D eigenvalue weighted by molar-refractivity contribution is 5.73. The summed E-state index contributed by atoms with van der Waals surface area (Å²) in [6.45, 7) is 11.4. The number of carboxylic acids is 1. The average molecular weight is 259 g/mol. The van der Waals surface area contributed by atoms with Gasteiger partial charge in [-0.1, -0.05) is 20.8 Å². The Morgan fingerprint density at radius 3 is 2.17 bits per heavy atom. The van der Waals surface area contributed by atoms with Gasteiger partial charge in [-0.3, -0.25) is 9.69 Å². The molecule has 0 amide bonds. The highest BCUT2D eigenvalue weighted by atomic mass is 16.4. The van der Waals surface area contributed by atoms with Crippen LogP contribution in [0.3, 0.4) is 0 Å². The first-order valence-electron chi connectivity index (χ1n) is 6.99. The predicted molar refractivity (Wildman–Crippen MR) is 74.7 cm³/mol. The Kier molecular flexibility index (Phi) is 9.92. The standard InChI is InChI=1S/C13H29N3O2/c1-4-15(5-2)10-7-11-16(6-3)12(8-9-14)13(17)18/h12H,4-11,14H2,1-3H3,(H,17,18). The Morgan fingerprint density at radius 1 is 1.17 bits per heavy atom. The molecule has 0 aromatic carbocycles. The lowest BCUT2D eigenvalue weighted by molar-refractivity contribution is -0.143. The Bertz CT molecular complexity index is 220. The van der Waals surface area contributed by atoms with Crippen LogP contribution in [0.25, 0.3) is 0 Å². The van der Waals surface area contributed by atoms with Gasteiger partial charge in [0.15, 0.2) is 0 Å². The van der Waals surface area contributed by atoms with Crippen LogP contribution in [0.4, 0.5) is 0 Å². The minimum Gasteiger partial charge on any atom is -0.480 e. The molecule has 0 saturated heterocycles. The van der Waals surface area contributed by atoms with Gasteiger partial charge in [0.2, 0.25) is 0 Å². The molecule has 0 aromatic rings. The first-order chi connectivity index (χ1) is 8.60. The highest BCUT2D eigenvalue weighted by Gasteiger charge is 2.23. The second kappa shape index (κ2) is 10.3. The van der Waals surface area contributed by atoms with Gasteiger partial charge in [0.1, 0.15) is 6.04 Å². The molecule has 18 heavy (non-hydrogen) atoms. The summed E-state index contributed by atoms with van der Waals surface area (Å²) in [5.41, 5.74) is 5.48. The van der Waals surface area contributed by atoms with Gasteiger partial charge in [-0.25, -0.2) is 0 Å². The number of rotatable bonds is 11. The molecule has 108 valence electrons. The fourth-order valence-corrected chi connectivity index (χ4v) is 2.19. The molecule has 1 unspecified atom stereocenters. The van der Waals surface area contributed by atoms with Crippen LogP contribution in [0.1, 0.15) is 33.6 Å². The van der Waals surface area contributed by atoms with E-state index in [-0.39, 0.29) is 0 Å². The Morgan fingerprint density at radius 2 is 1.78 bits per heavy atom. The van der Waals surface area contributed by atoms with E-state index in [0.29, 0.717) is 13.0 Å². The van der Waals surface area contributed by atoms with Crippen molar-refractivity contribution in [2.24, 2.45) is 5.73 Å². The van der Waals surface area contributed by atoms with Crippen LogP contribution in [0.5, 0.6) is 0 Å². The fraction of sp³-hybridized carbons (Fsp3) is 0.923. The van der Waals surface area contributed by atoms with Crippen LogP contribution in [0.2, 0.25) is 0 Å². The van der Waals surface area contributed by atoms with E-state index in [9.17, 15) is 9.90 Å². The van der Waals surface area contributed by atoms with E-state index in [0.717, 1.165) is 39.1 Å². The Balaban J connectivity index is 4.18. The van der Waals surface area contributed by atoms with Crippen molar-refractivity contribution in [3.63, 3.8) is 0 Å². The van der Waals surface area contributed by atoms with Gasteiger partial charge >= 0.3 is 5.97 Å². The summed E-state index contributed by atoms with van der Waals surface area (Å²) in [7, 11) is 0. The van der Waals surface area contributed by atoms with Gasteiger partial charge in [0.05, 0.1) is 0 Å². The van der Waals surface area contributed by atoms with Gasteiger partial charge in [0, 0.05) is 6.54 Å². The van der Waals surface area contributed by atoms with Crippen molar-refractivity contribution in [1.29, 1.82) is 0 Å². The van der Waals surface area contributed by atoms with E-state index in [2.05, 4.69) is 18.7 Å². The van der Waals surface area contributed by atoms with Crippen LogP contribution in [0, 0.1) is 0 Å². The van der Waals surface area contributed by atoms with Crippen molar-refractivity contribution in [3.05, 3.63) is 0 Å². The third-order valence-corrected chi connectivity index (χ3v) is 3.39. The van der Waals surface area contributed by atoms with Crippen molar-refractivity contribution >= 4 is 5.97 Å². The second-order valence-electron chi connectivity index (χ2n) is 4.44. The largest absolute Gasteiger partial charge is 0.480 e. The molecule has 5 heteroatoms. The first-order valence-corrected chi connectivity index (χ1v) is 6.99. The molecule has 0 bridgehead atoms. The summed E-state index contributed by atoms with van der Waals surface area (Å²) < 4.78 is 0. The maximum Gasteiger partial charge on any atom is 0.320 e. The summed E-state index contributed by atoms with van der Waals surface area (Å²) in [5.74, 6) is -0.759. The van der Waals surface area contributed by atoms with E-state index in [1.807, 2.05) is 11.8 Å². The number of nitrogens with zero attached hydrogens (tertiary/aromatic N) is 2. The summed E-state index contributed by atoms with van der Waals surface area (Å²) in [6, 6.07) is -0.434. The molecular weight excluding hydrogens is 230 g/mol. The minimum atomic E-state index is -0.759. The molecule has 0 spiro atoms. The molecule has 0 rings (SSSR count). The van der Waals surface area contributed by atoms with Crippen LogP contribution in [0.15, 0.2) is 0 Å². The van der Waals surface area contributed by atoms with Crippen molar-refractivity contribution in [2.75, 3.05) is 39.3 Å². The lowest BCUT2D eigenvalue weighted by Gasteiger charge is -2.28. The number of aliphatic carboxylic acids is 1. The topological polar surface area (TPSA) is 69.8 Å². The molecule has 0 aliphatic carbocycles. The van der Waals surface area contributed by atoms with Gasteiger partial charge < -0.3 is 15.7 Å². The van der Waals surface area contributed by atoms with E-state index in [1.165, 1.54) is 0 Å². The number of likely N-dealkylation sites (N-methyl/N-ethyl adjacent to an activating group) is 1. The zero-order chi connectivity index (χ0) is 14.0. The van der Waals surface area contributed by atoms with Crippen LogP contribution >= 0.6 is 0 Å². The van der Waals surface area contributed by atoms with Gasteiger partial charge in [0.25, 0.3) is 0 Å². The number of hydrogen-bond acceptors (Lipinski definition) is 4. The number of nitrogens with two attached hydrogens (primary N) is 1. The van der Waals surface area contributed by atoms with Gasteiger partial charge in [-0.05, 0) is 45.6 Å². The summed E-state index contributed by atoms with van der Waals surface area (Å²) >= 11 is 0. The van der Waals surface area contributed by atoms with Crippen LogP contribution in [-0.2, 0) is 4.79 Å². The van der Waals surface area contributed by atoms with Crippen molar-refractivity contribution < 1.29 is 9.90 Å². The molecular formula is C13H29N3O2. The number of hydrogen-bond donors (Lipinski definition) is 2. The normalized spacial score (nSPS) is 13.2. The molecule has 0 saturated carbocycles. The van der Waals surface area contributed by atoms with Crippen molar-refractivity contribution in [2.45, 2.75) is 39.7 Å². The van der Waals surface area contributed by atoms with E-state index >= 15 is 0 Å². The molecule has 0 aliphatic heterocycles. The zero-order valence-corrected chi connectivity index (χ0v) is 12.1. The summed E-state index contributed by atoms with van der Waals surface area (Å²) in [5, 5.41) is 9.20. The van der Waals surface area contributed by atoms with Crippen molar-refractivity contribution in [3.8, 4) is 0 Å². The predicted octanol–water partition coefficient (Wildman–Crippen LogP) is 0.842. The monoisotopic (exact) mass is 259 g/mol.